The Morgan fingerprint density at radius 2 is 1.69 bits per heavy atom. The first-order valence-corrected chi connectivity index (χ1v) is 13.1. The van der Waals surface area contributed by atoms with E-state index in [1.807, 2.05) is 6.07 Å². The highest BCUT2D eigenvalue weighted by Crippen LogP contribution is 2.34. The maximum Gasteiger partial charge on any atom is 0.338 e. The van der Waals surface area contributed by atoms with Crippen molar-refractivity contribution in [2.45, 2.75) is 67.8 Å². The second-order valence-electron chi connectivity index (χ2n) is 8.52. The maximum absolute atomic E-state index is 12.4. The quantitative estimate of drug-likeness (QED) is 0.400. The van der Waals surface area contributed by atoms with Gasteiger partial charge in [0.05, 0.1) is 18.3 Å². The number of esters is 1. The summed E-state index contributed by atoms with van der Waals surface area (Å²) in [6, 6.07) is 8.60. The standard InChI is InChI=1S/C25H38O10S/c1-6-36-19-12-16(29-3)21(18(33-19)13-28-2)35-25-23(31-5)22(30-4)20(26)17(34-25)14-32-24(27)15-10-8-7-9-11-15/h7-11,16-23,25-26H,6,12-14H2,1-5H3/t16-,17-,18-,19+,20-,21+,22+,23-,25-/m1/s1. The molecule has 1 aromatic rings. The van der Waals surface area contributed by atoms with Crippen LogP contribution in [0.5, 0.6) is 0 Å². The van der Waals surface area contributed by atoms with E-state index in [1.54, 1.807) is 50.2 Å². The van der Waals surface area contributed by atoms with Crippen LogP contribution in [0.1, 0.15) is 23.7 Å². The summed E-state index contributed by atoms with van der Waals surface area (Å²) < 4.78 is 46.5. The van der Waals surface area contributed by atoms with Gasteiger partial charge in [0.25, 0.3) is 0 Å². The average Bonchev–Trinajstić information content (AvgIpc) is 2.90. The van der Waals surface area contributed by atoms with Crippen LogP contribution in [0.4, 0.5) is 0 Å². The molecule has 2 fully saturated rings. The van der Waals surface area contributed by atoms with Crippen LogP contribution in [0.3, 0.4) is 0 Å². The average molecular weight is 531 g/mol. The summed E-state index contributed by atoms with van der Waals surface area (Å²) in [5.41, 5.74) is 0.349. The Kier molecular flexibility index (Phi) is 11.9. The molecule has 0 spiro atoms. The molecule has 2 heterocycles. The predicted molar refractivity (Wildman–Crippen MR) is 132 cm³/mol. The molecule has 204 valence electrons. The second-order valence-corrected chi connectivity index (χ2v) is 9.96. The van der Waals surface area contributed by atoms with Gasteiger partial charge >= 0.3 is 5.97 Å². The lowest BCUT2D eigenvalue weighted by Gasteiger charge is -2.47. The largest absolute Gasteiger partial charge is 0.459 e. The van der Waals surface area contributed by atoms with E-state index in [0.717, 1.165) is 5.75 Å². The van der Waals surface area contributed by atoms with Gasteiger partial charge in [-0.15, -0.1) is 11.8 Å². The molecule has 2 aliphatic heterocycles. The Balaban J connectivity index is 1.75. The van der Waals surface area contributed by atoms with E-state index in [0.29, 0.717) is 18.6 Å². The number of carbonyl (C=O) groups excluding carboxylic acids is 1. The van der Waals surface area contributed by atoms with Crippen molar-refractivity contribution in [1.82, 2.24) is 0 Å². The normalized spacial score (nSPS) is 34.9. The molecule has 2 aliphatic rings. The maximum atomic E-state index is 12.4. The SMILES string of the molecule is CCS[C@H]1C[C@@H](OC)[C@H](O[C@H]2O[C@H](COC(=O)c3ccccc3)[C@@H](O)[C@H](OC)[C@H]2OC)[C@@H](COC)O1. The zero-order valence-corrected chi connectivity index (χ0v) is 22.3. The van der Waals surface area contributed by atoms with Gasteiger partial charge in [-0.2, -0.15) is 0 Å². The molecule has 0 unspecified atom stereocenters. The molecule has 0 amide bonds. The van der Waals surface area contributed by atoms with Gasteiger partial charge in [0, 0.05) is 34.9 Å². The minimum Gasteiger partial charge on any atom is -0.459 e. The highest BCUT2D eigenvalue weighted by Gasteiger charge is 2.50. The lowest BCUT2D eigenvalue weighted by molar-refractivity contribution is -0.338. The highest BCUT2D eigenvalue weighted by atomic mass is 32.2. The van der Waals surface area contributed by atoms with E-state index in [4.69, 9.17) is 37.9 Å². The van der Waals surface area contributed by atoms with Crippen molar-refractivity contribution in [2.24, 2.45) is 0 Å². The van der Waals surface area contributed by atoms with Crippen molar-refractivity contribution in [1.29, 1.82) is 0 Å². The Morgan fingerprint density at radius 3 is 2.31 bits per heavy atom. The van der Waals surface area contributed by atoms with Crippen LogP contribution in [0.2, 0.25) is 0 Å². The van der Waals surface area contributed by atoms with Crippen LogP contribution in [0, 0.1) is 0 Å². The van der Waals surface area contributed by atoms with Gasteiger partial charge < -0.3 is 43.0 Å². The number of aliphatic hydroxyl groups is 1. The Morgan fingerprint density at radius 1 is 0.972 bits per heavy atom. The molecule has 3 rings (SSSR count). The van der Waals surface area contributed by atoms with Crippen molar-refractivity contribution >= 4 is 17.7 Å². The summed E-state index contributed by atoms with van der Waals surface area (Å²) >= 11 is 1.70. The zero-order chi connectivity index (χ0) is 26.1. The van der Waals surface area contributed by atoms with Crippen molar-refractivity contribution < 1.29 is 47.8 Å². The van der Waals surface area contributed by atoms with E-state index < -0.39 is 48.9 Å². The van der Waals surface area contributed by atoms with E-state index in [-0.39, 0.29) is 18.1 Å². The topological polar surface area (TPSA) is 111 Å². The van der Waals surface area contributed by atoms with Crippen molar-refractivity contribution in [3.05, 3.63) is 35.9 Å². The molecular weight excluding hydrogens is 492 g/mol. The van der Waals surface area contributed by atoms with Crippen LogP contribution >= 0.6 is 11.8 Å². The van der Waals surface area contributed by atoms with E-state index in [1.165, 1.54) is 14.2 Å². The molecular formula is C25H38O10S. The summed E-state index contributed by atoms with van der Waals surface area (Å²) in [6.07, 6.45) is -5.14. The van der Waals surface area contributed by atoms with Crippen LogP contribution in [-0.4, -0.2) is 113 Å². The Hall–Kier alpha value is -1.28. The lowest BCUT2D eigenvalue weighted by Crippen LogP contribution is -2.63. The summed E-state index contributed by atoms with van der Waals surface area (Å²) in [4.78, 5) is 12.4. The molecule has 11 heteroatoms. The van der Waals surface area contributed by atoms with E-state index in [9.17, 15) is 9.90 Å². The molecule has 36 heavy (non-hydrogen) atoms. The third kappa shape index (κ3) is 7.18. The van der Waals surface area contributed by atoms with E-state index >= 15 is 0 Å². The van der Waals surface area contributed by atoms with Gasteiger partial charge in [-0.05, 0) is 17.9 Å². The number of ether oxygens (including phenoxy) is 8. The fourth-order valence-corrected chi connectivity index (χ4v) is 5.43. The summed E-state index contributed by atoms with van der Waals surface area (Å²) in [5.74, 6) is 0.382. The number of thioether (sulfide) groups is 1. The Bertz CT molecular complexity index is 783. The molecule has 0 aromatic heterocycles. The number of carbonyl (C=O) groups is 1. The van der Waals surface area contributed by atoms with Gasteiger partial charge in [0.1, 0.15) is 48.7 Å². The van der Waals surface area contributed by atoms with Crippen LogP contribution in [0.25, 0.3) is 0 Å². The number of aliphatic hydroxyl groups excluding tert-OH is 1. The summed E-state index contributed by atoms with van der Waals surface area (Å²) in [7, 11) is 6.19. The molecule has 1 N–H and O–H groups in total. The number of methoxy groups -OCH3 is 4. The van der Waals surface area contributed by atoms with Crippen molar-refractivity contribution in [3.8, 4) is 0 Å². The third-order valence-electron chi connectivity index (χ3n) is 6.31. The fourth-order valence-electron chi connectivity index (χ4n) is 4.52. The van der Waals surface area contributed by atoms with Gasteiger partial charge in [0.2, 0.25) is 0 Å². The van der Waals surface area contributed by atoms with Gasteiger partial charge in [0.15, 0.2) is 6.29 Å². The minimum atomic E-state index is -1.12. The first kappa shape index (κ1) is 29.3. The van der Waals surface area contributed by atoms with Gasteiger partial charge in [-0.3, -0.25) is 0 Å². The first-order chi connectivity index (χ1) is 17.5. The summed E-state index contributed by atoms with van der Waals surface area (Å²) in [5, 5.41) is 10.9. The lowest BCUT2D eigenvalue weighted by atomic mass is 9.97. The monoisotopic (exact) mass is 530 g/mol. The van der Waals surface area contributed by atoms with Crippen LogP contribution in [-0.2, 0) is 37.9 Å². The molecule has 0 aliphatic carbocycles. The fraction of sp³-hybridized carbons (Fsp3) is 0.720. The van der Waals surface area contributed by atoms with Crippen LogP contribution < -0.4 is 0 Å². The molecule has 10 nitrogen and oxygen atoms in total. The number of rotatable bonds is 12. The van der Waals surface area contributed by atoms with Crippen molar-refractivity contribution in [3.63, 3.8) is 0 Å². The molecule has 0 saturated carbocycles. The molecule has 1 aromatic carbocycles. The Labute approximate surface area is 216 Å². The molecule has 0 radical (unpaired) electrons. The van der Waals surface area contributed by atoms with E-state index in [2.05, 4.69) is 6.92 Å². The number of hydrogen-bond acceptors (Lipinski definition) is 11. The number of hydrogen-bond donors (Lipinski definition) is 1. The number of benzene rings is 1. The van der Waals surface area contributed by atoms with Gasteiger partial charge in [-0.1, -0.05) is 25.1 Å². The van der Waals surface area contributed by atoms with Gasteiger partial charge in [-0.25, -0.2) is 4.79 Å². The summed E-state index contributed by atoms with van der Waals surface area (Å²) in [6.45, 7) is 2.17. The minimum absolute atomic E-state index is 0.0517. The molecule has 2 saturated heterocycles. The molecule has 0 bridgehead atoms. The second kappa shape index (κ2) is 14.6. The first-order valence-electron chi connectivity index (χ1n) is 12.0. The van der Waals surface area contributed by atoms with Crippen LogP contribution in [0.15, 0.2) is 30.3 Å². The smallest absolute Gasteiger partial charge is 0.338 e. The zero-order valence-electron chi connectivity index (χ0n) is 21.4. The predicted octanol–water partition coefficient (Wildman–Crippen LogP) is 1.87. The highest BCUT2D eigenvalue weighted by molar-refractivity contribution is 7.99. The van der Waals surface area contributed by atoms with Crippen molar-refractivity contribution in [2.75, 3.05) is 47.4 Å². The molecule has 9 atom stereocenters. The third-order valence-corrected chi connectivity index (χ3v) is 7.32.